The van der Waals surface area contributed by atoms with Gasteiger partial charge in [-0.05, 0) is 18.4 Å². The van der Waals surface area contributed by atoms with E-state index in [-0.39, 0.29) is 18.0 Å². The normalized spacial score (nSPS) is 10.7. The van der Waals surface area contributed by atoms with E-state index in [9.17, 15) is 4.79 Å². The van der Waals surface area contributed by atoms with Gasteiger partial charge in [-0.15, -0.1) is 11.3 Å². The van der Waals surface area contributed by atoms with Crippen LogP contribution in [-0.4, -0.2) is 27.5 Å². The van der Waals surface area contributed by atoms with Gasteiger partial charge in [-0.1, -0.05) is 17.8 Å². The van der Waals surface area contributed by atoms with Crippen LogP contribution in [0.2, 0.25) is 0 Å². The fraction of sp³-hybridized carbons (Fsp3) is 0.200. The predicted molar refractivity (Wildman–Crippen MR) is 91.8 cm³/mol. The average molecular weight is 362 g/mol. The number of aromatic nitrogens is 3. The molecule has 0 bridgehead atoms. The van der Waals surface area contributed by atoms with Gasteiger partial charge in [-0.25, -0.2) is 19.7 Å². The maximum atomic E-state index is 11.7. The number of nitrogens with zero attached hydrogens (tertiary/aromatic N) is 3. The summed E-state index contributed by atoms with van der Waals surface area (Å²) in [6.45, 7) is 2.00. The quantitative estimate of drug-likeness (QED) is 0.405. The molecule has 0 spiro atoms. The van der Waals surface area contributed by atoms with E-state index in [1.807, 2.05) is 17.5 Å². The number of carbonyl (C=O) groups excluding carboxylic acids is 1. The highest BCUT2D eigenvalue weighted by atomic mass is 32.2. The van der Waals surface area contributed by atoms with Crippen molar-refractivity contribution in [3.63, 3.8) is 0 Å². The molecule has 9 heteroatoms. The van der Waals surface area contributed by atoms with E-state index in [4.69, 9.17) is 14.9 Å². The van der Waals surface area contributed by atoms with E-state index in [2.05, 4.69) is 15.0 Å². The first-order valence-corrected chi connectivity index (χ1v) is 8.94. The van der Waals surface area contributed by atoms with Crippen molar-refractivity contribution in [2.24, 2.45) is 0 Å². The highest BCUT2D eigenvalue weighted by Gasteiger charge is 2.14. The lowest BCUT2D eigenvalue weighted by atomic mass is 10.3. The van der Waals surface area contributed by atoms with Crippen LogP contribution in [0.25, 0.3) is 10.8 Å². The lowest BCUT2D eigenvalue weighted by Gasteiger charge is -2.05. The molecule has 7 nitrogen and oxygen atoms in total. The smallest absolute Gasteiger partial charge is 0.343 e. The summed E-state index contributed by atoms with van der Waals surface area (Å²) < 4.78 is 10.3. The molecule has 0 atom stereocenters. The van der Waals surface area contributed by atoms with Crippen LogP contribution in [-0.2, 0) is 10.5 Å². The first-order chi connectivity index (χ1) is 11.7. The Kier molecular flexibility index (Phi) is 5.11. The summed E-state index contributed by atoms with van der Waals surface area (Å²) in [4.78, 5) is 25.3. The van der Waals surface area contributed by atoms with Crippen molar-refractivity contribution in [3.05, 3.63) is 41.2 Å². The number of esters is 1. The second-order valence-corrected chi connectivity index (χ2v) is 6.47. The minimum Gasteiger partial charge on any atom is -0.462 e. The zero-order valence-corrected chi connectivity index (χ0v) is 14.4. The summed E-state index contributed by atoms with van der Waals surface area (Å²) in [5.74, 6) is 0.709. The van der Waals surface area contributed by atoms with Crippen molar-refractivity contribution in [3.8, 4) is 10.8 Å². The van der Waals surface area contributed by atoms with Gasteiger partial charge in [0.15, 0.2) is 5.16 Å². The van der Waals surface area contributed by atoms with E-state index >= 15 is 0 Å². The molecule has 124 valence electrons. The standard InChI is InChI=1S/C15H14N4O3S2/c1-2-21-14(20)10-6-17-15(19-12(10)16)24-8-9-7-22-13(18-9)11-4-3-5-23-11/h3-7H,2,8H2,1H3,(H2,16,17,19). The lowest BCUT2D eigenvalue weighted by Crippen LogP contribution is -2.10. The number of rotatable bonds is 6. The van der Waals surface area contributed by atoms with Crippen LogP contribution in [0.4, 0.5) is 5.82 Å². The number of anilines is 1. The van der Waals surface area contributed by atoms with Crippen LogP contribution in [0.1, 0.15) is 23.0 Å². The Morgan fingerprint density at radius 3 is 3.04 bits per heavy atom. The van der Waals surface area contributed by atoms with Gasteiger partial charge >= 0.3 is 5.97 Å². The molecule has 3 aromatic rings. The molecule has 0 radical (unpaired) electrons. The number of hydrogen-bond acceptors (Lipinski definition) is 9. The third-order valence-corrected chi connectivity index (χ3v) is 4.68. The topological polar surface area (TPSA) is 104 Å². The second-order valence-electron chi connectivity index (χ2n) is 4.58. The number of thioether (sulfide) groups is 1. The third-order valence-electron chi connectivity index (χ3n) is 2.92. The molecule has 3 aromatic heterocycles. The van der Waals surface area contributed by atoms with Crippen molar-refractivity contribution in [2.75, 3.05) is 12.3 Å². The number of oxazole rings is 1. The molecule has 0 aliphatic carbocycles. The molecule has 0 aliphatic heterocycles. The van der Waals surface area contributed by atoms with Gasteiger partial charge in [0.1, 0.15) is 17.6 Å². The van der Waals surface area contributed by atoms with E-state index in [1.165, 1.54) is 18.0 Å². The maximum absolute atomic E-state index is 11.7. The molecular weight excluding hydrogens is 348 g/mol. The van der Waals surface area contributed by atoms with Crippen molar-refractivity contribution < 1.29 is 13.9 Å². The Labute approximate surface area is 146 Å². The SMILES string of the molecule is CCOC(=O)c1cnc(SCc2coc(-c3cccs3)n2)nc1N. The molecule has 3 rings (SSSR count). The van der Waals surface area contributed by atoms with Crippen LogP contribution in [0, 0.1) is 0 Å². The Morgan fingerprint density at radius 2 is 2.33 bits per heavy atom. The van der Waals surface area contributed by atoms with Gasteiger partial charge in [-0.3, -0.25) is 0 Å². The van der Waals surface area contributed by atoms with Gasteiger partial charge in [0.2, 0.25) is 5.89 Å². The van der Waals surface area contributed by atoms with E-state index < -0.39 is 5.97 Å². The van der Waals surface area contributed by atoms with Gasteiger partial charge in [0, 0.05) is 11.9 Å². The van der Waals surface area contributed by atoms with E-state index in [0.717, 1.165) is 10.6 Å². The molecule has 0 aromatic carbocycles. The monoisotopic (exact) mass is 362 g/mol. The first-order valence-electron chi connectivity index (χ1n) is 7.08. The summed E-state index contributed by atoms with van der Waals surface area (Å²) in [6.07, 6.45) is 2.99. The Hall–Kier alpha value is -2.39. The molecule has 2 N–H and O–H groups in total. The molecule has 0 fully saturated rings. The highest BCUT2D eigenvalue weighted by Crippen LogP contribution is 2.26. The van der Waals surface area contributed by atoms with Gasteiger partial charge in [0.25, 0.3) is 0 Å². The van der Waals surface area contributed by atoms with Crippen molar-refractivity contribution in [1.82, 2.24) is 15.0 Å². The molecular formula is C15H14N4O3S2. The summed E-state index contributed by atoms with van der Waals surface area (Å²) in [5.41, 5.74) is 6.74. The number of nitrogen functional groups attached to an aromatic ring is 1. The zero-order chi connectivity index (χ0) is 16.9. The van der Waals surface area contributed by atoms with Gasteiger partial charge in [0.05, 0.1) is 17.2 Å². The van der Waals surface area contributed by atoms with Crippen LogP contribution in [0.5, 0.6) is 0 Å². The third kappa shape index (κ3) is 3.74. The number of nitrogens with two attached hydrogens (primary N) is 1. The number of carbonyl (C=O) groups is 1. The minimum atomic E-state index is -0.524. The van der Waals surface area contributed by atoms with Gasteiger partial charge < -0.3 is 14.9 Å². The number of thiophene rings is 1. The van der Waals surface area contributed by atoms with Crippen LogP contribution in [0.3, 0.4) is 0 Å². The summed E-state index contributed by atoms with van der Waals surface area (Å²) in [7, 11) is 0. The molecule has 0 aliphatic rings. The molecule has 0 saturated heterocycles. The highest BCUT2D eigenvalue weighted by molar-refractivity contribution is 7.98. The van der Waals surface area contributed by atoms with Crippen LogP contribution >= 0.6 is 23.1 Å². The lowest BCUT2D eigenvalue weighted by molar-refractivity contribution is 0.0526. The predicted octanol–water partition coefficient (Wildman–Crippen LogP) is 3.24. The average Bonchev–Trinajstić information content (AvgIpc) is 3.24. The fourth-order valence-corrected chi connectivity index (χ4v) is 3.19. The zero-order valence-electron chi connectivity index (χ0n) is 12.8. The van der Waals surface area contributed by atoms with Crippen molar-refractivity contribution in [1.29, 1.82) is 0 Å². The largest absolute Gasteiger partial charge is 0.462 e. The maximum Gasteiger partial charge on any atom is 0.343 e. The van der Waals surface area contributed by atoms with Crippen LogP contribution in [0.15, 0.2) is 39.5 Å². The van der Waals surface area contributed by atoms with Crippen LogP contribution < -0.4 is 5.73 Å². The second kappa shape index (κ2) is 7.45. The molecule has 0 saturated carbocycles. The summed E-state index contributed by atoms with van der Waals surface area (Å²) in [6, 6.07) is 3.89. The molecule has 3 heterocycles. The van der Waals surface area contributed by atoms with E-state index in [1.54, 1.807) is 24.5 Å². The number of ether oxygens (including phenoxy) is 1. The Morgan fingerprint density at radius 1 is 1.46 bits per heavy atom. The molecule has 0 unspecified atom stereocenters. The first kappa shape index (κ1) is 16.5. The van der Waals surface area contributed by atoms with E-state index in [0.29, 0.717) is 16.8 Å². The number of hydrogen-bond donors (Lipinski definition) is 1. The molecule has 0 amide bonds. The molecule has 24 heavy (non-hydrogen) atoms. The van der Waals surface area contributed by atoms with Crippen molar-refractivity contribution >= 4 is 34.9 Å². The Balaban J connectivity index is 1.65. The summed E-state index contributed by atoms with van der Waals surface area (Å²) in [5, 5.41) is 2.43. The summed E-state index contributed by atoms with van der Waals surface area (Å²) >= 11 is 2.92. The Bertz CT molecular complexity index is 833. The fourth-order valence-electron chi connectivity index (χ4n) is 1.84. The van der Waals surface area contributed by atoms with Crippen molar-refractivity contribution in [2.45, 2.75) is 17.8 Å². The van der Waals surface area contributed by atoms with Gasteiger partial charge in [-0.2, -0.15) is 0 Å². The minimum absolute atomic E-state index is 0.102.